The molecule has 1 saturated heterocycles. The molecule has 5 heteroatoms. The maximum atomic E-state index is 13.6. The number of benzene rings is 1. The van der Waals surface area contributed by atoms with Crippen LogP contribution in [0.15, 0.2) is 12.1 Å². The Balaban J connectivity index is 2.36. The van der Waals surface area contributed by atoms with Gasteiger partial charge in [0.1, 0.15) is 5.69 Å². The van der Waals surface area contributed by atoms with Crippen LogP contribution in [-0.2, 0) is 0 Å². The molecule has 0 aliphatic carbocycles. The van der Waals surface area contributed by atoms with Crippen LogP contribution in [0, 0.1) is 23.0 Å². The van der Waals surface area contributed by atoms with Crippen LogP contribution < -0.4 is 10.2 Å². The molecular weight excluding hydrogens is 212 g/mol. The Kier molecular flexibility index (Phi) is 3.02. The van der Waals surface area contributed by atoms with Gasteiger partial charge in [0.15, 0.2) is 11.6 Å². The van der Waals surface area contributed by atoms with E-state index in [9.17, 15) is 8.78 Å². The summed E-state index contributed by atoms with van der Waals surface area (Å²) in [5.74, 6) is -1.34. The normalized spacial score (nSPS) is 15.9. The average Bonchev–Trinajstić information content (AvgIpc) is 2.29. The Morgan fingerprint density at radius 1 is 1.19 bits per heavy atom. The van der Waals surface area contributed by atoms with Crippen molar-refractivity contribution in [1.82, 2.24) is 5.32 Å². The van der Waals surface area contributed by atoms with Gasteiger partial charge in [-0.1, -0.05) is 0 Å². The quantitative estimate of drug-likeness (QED) is 0.778. The molecule has 0 bridgehead atoms. The van der Waals surface area contributed by atoms with Gasteiger partial charge in [0, 0.05) is 26.2 Å². The summed E-state index contributed by atoms with van der Waals surface area (Å²) >= 11 is 0. The van der Waals surface area contributed by atoms with Crippen molar-refractivity contribution in [2.24, 2.45) is 0 Å². The van der Waals surface area contributed by atoms with Crippen molar-refractivity contribution in [2.45, 2.75) is 0 Å². The number of piperazine rings is 1. The lowest BCUT2D eigenvalue weighted by Gasteiger charge is -2.29. The first kappa shape index (κ1) is 10.8. The lowest BCUT2D eigenvalue weighted by molar-refractivity contribution is 0.537. The van der Waals surface area contributed by atoms with E-state index >= 15 is 0 Å². The summed E-state index contributed by atoms with van der Waals surface area (Å²) in [6.07, 6.45) is 0. The minimum Gasteiger partial charge on any atom is -0.364 e. The monoisotopic (exact) mass is 223 g/mol. The Bertz CT molecular complexity index is 410. The van der Waals surface area contributed by atoms with E-state index < -0.39 is 11.6 Å². The minimum absolute atomic E-state index is 0.00823. The smallest absolute Gasteiger partial charge is 0.150 e. The molecule has 0 atom stereocenters. The predicted octanol–water partition coefficient (Wildman–Crippen LogP) is 1.25. The molecule has 0 spiro atoms. The Hall–Kier alpha value is -1.67. The Morgan fingerprint density at radius 3 is 2.25 bits per heavy atom. The van der Waals surface area contributed by atoms with Gasteiger partial charge in [-0.25, -0.2) is 8.78 Å². The zero-order valence-electron chi connectivity index (χ0n) is 8.63. The van der Waals surface area contributed by atoms with Crippen LogP contribution in [0.3, 0.4) is 0 Å². The van der Waals surface area contributed by atoms with Gasteiger partial charge >= 0.3 is 0 Å². The Morgan fingerprint density at radius 2 is 1.75 bits per heavy atom. The second-order valence-corrected chi connectivity index (χ2v) is 3.64. The number of nitrogens with zero attached hydrogens (tertiary/aromatic N) is 2. The van der Waals surface area contributed by atoms with Crippen LogP contribution in [0.1, 0.15) is 5.56 Å². The van der Waals surface area contributed by atoms with E-state index in [0.717, 1.165) is 12.1 Å². The number of nitriles is 1. The van der Waals surface area contributed by atoms with Crippen molar-refractivity contribution in [1.29, 1.82) is 5.26 Å². The SMILES string of the molecule is N#Cc1cc(F)c(N2CCNCC2)c(F)c1. The topological polar surface area (TPSA) is 39.1 Å². The van der Waals surface area contributed by atoms with E-state index in [1.54, 1.807) is 11.0 Å². The maximum Gasteiger partial charge on any atom is 0.150 e. The average molecular weight is 223 g/mol. The fraction of sp³-hybridized carbons (Fsp3) is 0.364. The number of halogens is 2. The van der Waals surface area contributed by atoms with Gasteiger partial charge in [0.05, 0.1) is 11.6 Å². The van der Waals surface area contributed by atoms with Crippen LogP contribution in [-0.4, -0.2) is 26.2 Å². The molecule has 1 aromatic rings. The number of anilines is 1. The van der Waals surface area contributed by atoms with Gasteiger partial charge in [0.2, 0.25) is 0 Å². The second-order valence-electron chi connectivity index (χ2n) is 3.64. The molecule has 1 fully saturated rings. The molecule has 1 N–H and O–H groups in total. The highest BCUT2D eigenvalue weighted by molar-refractivity contribution is 5.53. The molecule has 16 heavy (non-hydrogen) atoms. The summed E-state index contributed by atoms with van der Waals surface area (Å²) < 4.78 is 27.3. The molecule has 1 aliphatic rings. The second kappa shape index (κ2) is 4.45. The van der Waals surface area contributed by atoms with Crippen LogP contribution >= 0.6 is 0 Å². The lowest BCUT2D eigenvalue weighted by atomic mass is 10.1. The molecule has 84 valence electrons. The molecule has 0 aromatic heterocycles. The number of rotatable bonds is 1. The summed E-state index contributed by atoms with van der Waals surface area (Å²) in [5, 5.41) is 11.7. The maximum absolute atomic E-state index is 13.6. The third-order valence-electron chi connectivity index (χ3n) is 2.58. The summed E-state index contributed by atoms with van der Waals surface area (Å²) in [5.41, 5.74) is -0.0191. The van der Waals surface area contributed by atoms with Crippen molar-refractivity contribution in [3.05, 3.63) is 29.3 Å². The number of hydrogen-bond donors (Lipinski definition) is 1. The van der Waals surface area contributed by atoms with E-state index in [1.807, 2.05) is 0 Å². The fourth-order valence-electron chi connectivity index (χ4n) is 1.82. The van der Waals surface area contributed by atoms with Crippen LogP contribution in [0.5, 0.6) is 0 Å². The van der Waals surface area contributed by atoms with Crippen molar-refractivity contribution < 1.29 is 8.78 Å². The van der Waals surface area contributed by atoms with Gasteiger partial charge in [-0.2, -0.15) is 5.26 Å². The number of nitrogens with one attached hydrogen (secondary N) is 1. The molecule has 3 nitrogen and oxygen atoms in total. The first-order valence-electron chi connectivity index (χ1n) is 5.07. The minimum atomic E-state index is -0.668. The van der Waals surface area contributed by atoms with Crippen LogP contribution in [0.2, 0.25) is 0 Å². The first-order valence-corrected chi connectivity index (χ1v) is 5.07. The van der Waals surface area contributed by atoms with E-state index in [0.29, 0.717) is 26.2 Å². The molecule has 1 heterocycles. The third-order valence-corrected chi connectivity index (χ3v) is 2.58. The highest BCUT2D eigenvalue weighted by Crippen LogP contribution is 2.24. The van der Waals surface area contributed by atoms with Crippen LogP contribution in [0.4, 0.5) is 14.5 Å². The highest BCUT2D eigenvalue weighted by atomic mass is 19.1. The zero-order valence-corrected chi connectivity index (χ0v) is 8.63. The van der Waals surface area contributed by atoms with Gasteiger partial charge in [-0.3, -0.25) is 0 Å². The van der Waals surface area contributed by atoms with Crippen molar-refractivity contribution in [2.75, 3.05) is 31.1 Å². The standard InChI is InChI=1S/C11H11F2N3/c12-9-5-8(7-14)6-10(13)11(9)16-3-1-15-2-4-16/h5-6,15H,1-4H2. The van der Waals surface area contributed by atoms with Gasteiger partial charge in [-0.15, -0.1) is 0 Å². The summed E-state index contributed by atoms with van der Waals surface area (Å²) in [6, 6.07) is 3.87. The van der Waals surface area contributed by atoms with Gasteiger partial charge in [0.25, 0.3) is 0 Å². The predicted molar refractivity (Wildman–Crippen MR) is 56.2 cm³/mol. The molecular formula is C11H11F2N3. The summed E-state index contributed by atoms with van der Waals surface area (Å²) in [7, 11) is 0. The molecule has 2 rings (SSSR count). The molecule has 0 saturated carbocycles. The van der Waals surface area contributed by atoms with Gasteiger partial charge < -0.3 is 10.2 Å². The molecule has 0 amide bonds. The van der Waals surface area contributed by atoms with Gasteiger partial charge in [-0.05, 0) is 12.1 Å². The molecule has 1 aliphatic heterocycles. The summed E-state index contributed by atoms with van der Waals surface area (Å²) in [4.78, 5) is 1.66. The Labute approximate surface area is 92.3 Å². The highest BCUT2D eigenvalue weighted by Gasteiger charge is 2.19. The molecule has 1 aromatic carbocycles. The van der Waals surface area contributed by atoms with E-state index in [-0.39, 0.29) is 11.3 Å². The third kappa shape index (κ3) is 1.97. The molecule has 0 unspecified atom stereocenters. The number of hydrogen-bond acceptors (Lipinski definition) is 3. The van der Waals surface area contributed by atoms with Crippen molar-refractivity contribution in [3.63, 3.8) is 0 Å². The molecule has 0 radical (unpaired) electrons. The zero-order chi connectivity index (χ0) is 11.5. The van der Waals surface area contributed by atoms with E-state index in [1.165, 1.54) is 0 Å². The van der Waals surface area contributed by atoms with E-state index in [4.69, 9.17) is 5.26 Å². The van der Waals surface area contributed by atoms with Crippen molar-refractivity contribution in [3.8, 4) is 6.07 Å². The fourth-order valence-corrected chi connectivity index (χ4v) is 1.82. The van der Waals surface area contributed by atoms with Crippen molar-refractivity contribution >= 4 is 5.69 Å². The van der Waals surface area contributed by atoms with Crippen LogP contribution in [0.25, 0.3) is 0 Å². The lowest BCUT2D eigenvalue weighted by Crippen LogP contribution is -2.44. The first-order chi connectivity index (χ1) is 7.72. The van der Waals surface area contributed by atoms with E-state index in [2.05, 4.69) is 5.32 Å². The summed E-state index contributed by atoms with van der Waals surface area (Å²) in [6.45, 7) is 2.55. The largest absolute Gasteiger partial charge is 0.364 e.